The Kier molecular flexibility index (Phi) is 39.3. The lowest BCUT2D eigenvalue weighted by Crippen LogP contribution is -2.37. The van der Waals surface area contributed by atoms with Crippen LogP contribution in [0.5, 0.6) is 0 Å². The molecule has 0 aromatic heterocycles. The molecular weight excluding hydrogens is 737 g/mol. The van der Waals surface area contributed by atoms with E-state index in [2.05, 4.69) is 26.0 Å². The van der Waals surface area contributed by atoms with Crippen LogP contribution in [0.15, 0.2) is 12.2 Å². The molecule has 0 spiro atoms. The fourth-order valence-corrected chi connectivity index (χ4v) is 7.52. The van der Waals surface area contributed by atoms with Crippen molar-refractivity contribution in [2.24, 2.45) is 0 Å². The van der Waals surface area contributed by atoms with Crippen molar-refractivity contribution < 1.29 is 42.1 Å². The highest BCUT2D eigenvalue weighted by molar-refractivity contribution is 7.47. The van der Waals surface area contributed by atoms with Gasteiger partial charge in [-0.1, -0.05) is 187 Å². The smallest absolute Gasteiger partial charge is 0.462 e. The summed E-state index contributed by atoms with van der Waals surface area (Å²) < 4.78 is 34.4. The summed E-state index contributed by atoms with van der Waals surface area (Å²) in [6.45, 7) is 4.44. The molecule has 0 saturated carbocycles. The molecule has 9 nitrogen and oxygen atoms in total. The molecule has 0 aromatic rings. The van der Waals surface area contributed by atoms with Crippen LogP contribution in [-0.4, -0.2) is 74.9 Å². The maximum Gasteiger partial charge on any atom is 0.472 e. The van der Waals surface area contributed by atoms with Crippen LogP contribution in [0.1, 0.15) is 226 Å². The highest BCUT2D eigenvalue weighted by Gasteiger charge is 2.27. The predicted octanol–water partition coefficient (Wildman–Crippen LogP) is 13.8. The summed E-state index contributed by atoms with van der Waals surface area (Å²) in [6, 6.07) is 0. The molecule has 0 rings (SSSR count). The van der Waals surface area contributed by atoms with E-state index < -0.39 is 26.5 Å². The van der Waals surface area contributed by atoms with Gasteiger partial charge in [0.1, 0.15) is 19.8 Å². The van der Waals surface area contributed by atoms with Crippen molar-refractivity contribution in [3.05, 3.63) is 12.2 Å². The van der Waals surface area contributed by atoms with Gasteiger partial charge >= 0.3 is 19.8 Å². The Bertz CT molecular complexity index is 985. The molecule has 0 aromatic carbocycles. The van der Waals surface area contributed by atoms with Crippen LogP contribution in [-0.2, 0) is 32.7 Å². The van der Waals surface area contributed by atoms with Gasteiger partial charge in [-0.3, -0.25) is 18.6 Å². The Morgan fingerprint density at radius 3 is 1.32 bits per heavy atom. The molecule has 0 aliphatic heterocycles. The third-order valence-corrected chi connectivity index (χ3v) is 11.5. The average molecular weight is 831 g/mol. The van der Waals surface area contributed by atoms with Gasteiger partial charge in [-0.25, -0.2) is 4.57 Å². The molecule has 10 heteroatoms. The quantitative estimate of drug-likeness (QED) is 0.0213. The SMILES string of the molecule is CCCCCCCCCC/C=C/CCCCCC(=O)OC[C@H](COP(=O)(O)OCC[N+](C)(C)C)OC(=O)CCCCCCCCCCCCCCCCCCCC. The second-order valence-electron chi connectivity index (χ2n) is 17.5. The zero-order valence-electron chi connectivity index (χ0n) is 38.1. The van der Waals surface area contributed by atoms with Gasteiger partial charge in [0.2, 0.25) is 0 Å². The van der Waals surface area contributed by atoms with Gasteiger partial charge in [0.15, 0.2) is 6.10 Å². The summed E-state index contributed by atoms with van der Waals surface area (Å²) in [5.74, 6) is -0.804. The number of rotatable bonds is 44. The number of phosphoric acid groups is 1. The number of carbonyl (C=O) groups excluding carboxylic acids is 2. The minimum absolute atomic E-state index is 0.0329. The number of ether oxygens (including phenoxy) is 2. The molecule has 0 bridgehead atoms. The van der Waals surface area contributed by atoms with Crippen molar-refractivity contribution in [2.75, 3.05) is 47.5 Å². The van der Waals surface area contributed by atoms with Crippen LogP contribution in [0.3, 0.4) is 0 Å². The summed E-state index contributed by atoms with van der Waals surface area (Å²) in [5, 5.41) is 0. The van der Waals surface area contributed by atoms with Crippen molar-refractivity contribution in [1.29, 1.82) is 0 Å². The zero-order chi connectivity index (χ0) is 42.1. The number of hydrogen-bond acceptors (Lipinski definition) is 7. The minimum atomic E-state index is -4.37. The lowest BCUT2D eigenvalue weighted by Gasteiger charge is -2.24. The normalized spacial score (nSPS) is 13.6. The van der Waals surface area contributed by atoms with Crippen molar-refractivity contribution in [2.45, 2.75) is 232 Å². The number of phosphoric ester groups is 1. The number of quaternary nitrogens is 1. The van der Waals surface area contributed by atoms with E-state index in [-0.39, 0.29) is 32.0 Å². The van der Waals surface area contributed by atoms with Crippen molar-refractivity contribution >= 4 is 19.8 Å². The van der Waals surface area contributed by atoms with Crippen LogP contribution < -0.4 is 0 Å². The molecule has 0 radical (unpaired) electrons. The van der Waals surface area contributed by atoms with Gasteiger partial charge in [-0.05, 0) is 38.5 Å². The van der Waals surface area contributed by atoms with Crippen LogP contribution >= 0.6 is 7.82 Å². The van der Waals surface area contributed by atoms with Crippen LogP contribution in [0.2, 0.25) is 0 Å². The monoisotopic (exact) mass is 831 g/mol. The van der Waals surface area contributed by atoms with E-state index in [4.69, 9.17) is 18.5 Å². The van der Waals surface area contributed by atoms with Gasteiger partial charge in [0.05, 0.1) is 27.7 Å². The summed E-state index contributed by atoms with van der Waals surface area (Å²) in [7, 11) is 1.48. The molecule has 2 atom stereocenters. The molecule has 0 aliphatic carbocycles. The first-order valence-corrected chi connectivity index (χ1v) is 25.4. The van der Waals surface area contributed by atoms with Crippen molar-refractivity contribution in [3.8, 4) is 0 Å². The summed E-state index contributed by atoms with van der Waals surface area (Å²) >= 11 is 0. The number of esters is 2. The number of unbranched alkanes of at least 4 members (excludes halogenated alkanes) is 28. The number of nitrogens with zero attached hydrogens (tertiary/aromatic N) is 1. The largest absolute Gasteiger partial charge is 0.472 e. The highest BCUT2D eigenvalue weighted by atomic mass is 31.2. The zero-order valence-corrected chi connectivity index (χ0v) is 39.0. The molecule has 0 fully saturated rings. The van der Waals surface area contributed by atoms with E-state index in [1.165, 1.54) is 148 Å². The fraction of sp³-hybridized carbons (Fsp3) is 0.915. The minimum Gasteiger partial charge on any atom is -0.462 e. The lowest BCUT2D eigenvalue weighted by atomic mass is 10.0. The van der Waals surface area contributed by atoms with Gasteiger partial charge in [-0.2, -0.15) is 0 Å². The molecule has 1 N–H and O–H groups in total. The molecule has 1 unspecified atom stereocenters. The highest BCUT2D eigenvalue weighted by Crippen LogP contribution is 2.43. The Balaban J connectivity index is 4.29. The molecule has 0 aliphatic rings. The van der Waals surface area contributed by atoms with Gasteiger partial charge < -0.3 is 18.9 Å². The van der Waals surface area contributed by atoms with Crippen LogP contribution in [0.4, 0.5) is 0 Å². The molecule has 0 amide bonds. The third-order valence-electron chi connectivity index (χ3n) is 10.5. The van der Waals surface area contributed by atoms with Crippen LogP contribution in [0.25, 0.3) is 0 Å². The summed E-state index contributed by atoms with van der Waals surface area (Å²) in [5.41, 5.74) is 0. The second kappa shape index (κ2) is 40.2. The first kappa shape index (κ1) is 55.8. The Morgan fingerprint density at radius 2 is 0.895 bits per heavy atom. The number of hydrogen-bond donors (Lipinski definition) is 1. The average Bonchev–Trinajstić information content (AvgIpc) is 3.16. The van der Waals surface area contributed by atoms with E-state index in [9.17, 15) is 19.0 Å². The van der Waals surface area contributed by atoms with E-state index >= 15 is 0 Å². The first-order chi connectivity index (χ1) is 27.5. The Labute approximate surface area is 352 Å². The van der Waals surface area contributed by atoms with Gasteiger partial charge in [0.25, 0.3) is 0 Å². The predicted molar refractivity (Wildman–Crippen MR) is 238 cm³/mol. The van der Waals surface area contributed by atoms with Gasteiger partial charge in [0, 0.05) is 12.8 Å². The van der Waals surface area contributed by atoms with Gasteiger partial charge in [-0.15, -0.1) is 0 Å². The number of carbonyl (C=O) groups is 2. The molecule has 338 valence electrons. The molecule has 0 saturated heterocycles. The number of allylic oxidation sites excluding steroid dienone is 2. The van der Waals surface area contributed by atoms with Crippen LogP contribution in [0, 0.1) is 0 Å². The Morgan fingerprint density at radius 1 is 0.526 bits per heavy atom. The fourth-order valence-electron chi connectivity index (χ4n) is 6.77. The molecule has 0 heterocycles. The van der Waals surface area contributed by atoms with E-state index in [0.717, 1.165) is 44.9 Å². The first-order valence-electron chi connectivity index (χ1n) is 23.9. The summed E-state index contributed by atoms with van der Waals surface area (Å²) in [6.07, 6.45) is 42.6. The number of likely N-dealkylation sites (N-methyl/N-ethyl adjacent to an activating group) is 1. The van der Waals surface area contributed by atoms with E-state index in [1.807, 2.05) is 21.1 Å². The van der Waals surface area contributed by atoms with E-state index in [1.54, 1.807) is 0 Å². The lowest BCUT2D eigenvalue weighted by molar-refractivity contribution is -0.870. The van der Waals surface area contributed by atoms with Crippen molar-refractivity contribution in [1.82, 2.24) is 0 Å². The second-order valence-corrected chi connectivity index (χ2v) is 19.0. The third kappa shape index (κ3) is 44.1. The molecular formula is C47H93NO8P+. The maximum absolute atomic E-state index is 12.7. The summed E-state index contributed by atoms with van der Waals surface area (Å²) in [4.78, 5) is 35.4. The standard InChI is InChI=1S/C47H92NO8P/c1-6-8-10-12-14-16-18-20-22-23-24-26-28-30-32-34-36-38-40-47(50)56-45(44-55-57(51,52)54-42-41-48(3,4)5)43-53-46(49)39-37-35-33-31-29-27-25-21-19-17-15-13-11-9-7-2/h27,29,45H,6-26,28,30-44H2,1-5H3/p+1/b29-27+/t45-/m1/s1. The van der Waals surface area contributed by atoms with E-state index in [0.29, 0.717) is 17.4 Å². The maximum atomic E-state index is 12.7. The topological polar surface area (TPSA) is 108 Å². The molecule has 57 heavy (non-hydrogen) atoms. The Hall–Kier alpha value is -1.25. The van der Waals surface area contributed by atoms with Crippen molar-refractivity contribution in [3.63, 3.8) is 0 Å².